The minimum atomic E-state index is -4.62. The topological polar surface area (TPSA) is 107 Å². The molecule has 0 spiro atoms. The van der Waals surface area contributed by atoms with Crippen LogP contribution in [0.5, 0.6) is 0 Å². The largest absolute Gasteiger partial charge is 0.462 e. The molecule has 0 aromatic heterocycles. The maximum Gasteiger partial charge on any atom is 0.338 e. The first-order valence-electron chi connectivity index (χ1n) is 8.05. The van der Waals surface area contributed by atoms with Gasteiger partial charge >= 0.3 is 11.9 Å². The van der Waals surface area contributed by atoms with E-state index in [4.69, 9.17) is 9.47 Å². The van der Waals surface area contributed by atoms with Crippen LogP contribution in [0.2, 0.25) is 0 Å². The predicted octanol–water partition coefficient (Wildman–Crippen LogP) is 3.34. The number of ether oxygens (including phenoxy) is 2. The summed E-state index contributed by atoms with van der Waals surface area (Å²) in [6.45, 7) is 11.4. The van der Waals surface area contributed by atoms with E-state index in [-0.39, 0.29) is 35.2 Å². The maximum absolute atomic E-state index is 12.2. The Morgan fingerprint density at radius 1 is 0.846 bits per heavy atom. The van der Waals surface area contributed by atoms with E-state index in [1.165, 1.54) is 6.07 Å². The van der Waals surface area contributed by atoms with E-state index in [0.717, 1.165) is 12.1 Å². The van der Waals surface area contributed by atoms with Crippen molar-refractivity contribution in [1.29, 1.82) is 0 Å². The molecule has 0 amide bonds. The zero-order valence-corrected chi connectivity index (χ0v) is 16.8. The number of rotatable bonds is 5. The molecular formula is C18H26O7S. The highest BCUT2D eigenvalue weighted by Gasteiger charge is 2.22. The molecule has 7 nitrogen and oxygen atoms in total. The fraction of sp³-hybridized carbons (Fsp3) is 0.556. The SMILES string of the molecule is CC(C)(C)COC(=O)c1cc(C(=O)OCC(C)(C)C)cc(S(=O)(=O)O)c1. The molecule has 0 radical (unpaired) electrons. The van der Waals surface area contributed by atoms with Gasteiger partial charge in [0.05, 0.1) is 29.2 Å². The molecule has 146 valence electrons. The zero-order valence-electron chi connectivity index (χ0n) is 16.0. The summed E-state index contributed by atoms with van der Waals surface area (Å²) in [6, 6.07) is 3.10. The van der Waals surface area contributed by atoms with Crippen LogP contribution in [0.15, 0.2) is 23.1 Å². The van der Waals surface area contributed by atoms with E-state index >= 15 is 0 Å². The molecular weight excluding hydrogens is 360 g/mol. The van der Waals surface area contributed by atoms with Crippen molar-refractivity contribution in [3.8, 4) is 0 Å². The normalized spacial score (nSPS) is 12.6. The second-order valence-corrected chi connectivity index (χ2v) is 9.92. The fourth-order valence-electron chi connectivity index (χ4n) is 1.71. The Hall–Kier alpha value is -1.93. The van der Waals surface area contributed by atoms with Crippen LogP contribution in [0.25, 0.3) is 0 Å². The second-order valence-electron chi connectivity index (χ2n) is 8.49. The number of carbonyl (C=O) groups is 2. The lowest BCUT2D eigenvalue weighted by atomic mass is 9.98. The van der Waals surface area contributed by atoms with E-state index in [9.17, 15) is 22.6 Å². The molecule has 0 aliphatic rings. The van der Waals surface area contributed by atoms with Crippen molar-refractivity contribution in [2.75, 3.05) is 13.2 Å². The van der Waals surface area contributed by atoms with Gasteiger partial charge in [-0.15, -0.1) is 0 Å². The molecule has 0 unspecified atom stereocenters. The van der Waals surface area contributed by atoms with Gasteiger partial charge in [-0.3, -0.25) is 4.55 Å². The third-order valence-corrected chi connectivity index (χ3v) is 3.78. The summed E-state index contributed by atoms with van der Waals surface area (Å²) < 4.78 is 42.5. The highest BCUT2D eigenvalue weighted by atomic mass is 32.2. The molecule has 0 fully saturated rings. The van der Waals surface area contributed by atoms with Crippen LogP contribution >= 0.6 is 0 Å². The number of esters is 2. The average molecular weight is 386 g/mol. The molecule has 0 bridgehead atoms. The number of carbonyl (C=O) groups excluding carboxylic acids is 2. The second kappa shape index (κ2) is 7.75. The molecule has 0 atom stereocenters. The van der Waals surface area contributed by atoms with Crippen molar-refractivity contribution < 1.29 is 32.0 Å². The summed E-state index contributed by atoms with van der Waals surface area (Å²) in [7, 11) is -4.62. The van der Waals surface area contributed by atoms with Gasteiger partial charge in [-0.2, -0.15) is 8.42 Å². The Kier molecular flexibility index (Phi) is 6.59. The Labute approximate surface area is 154 Å². The number of hydrogen-bond acceptors (Lipinski definition) is 6. The maximum atomic E-state index is 12.2. The van der Waals surface area contributed by atoms with Crippen molar-refractivity contribution in [2.45, 2.75) is 46.4 Å². The van der Waals surface area contributed by atoms with Crippen LogP contribution in [0.4, 0.5) is 0 Å². The van der Waals surface area contributed by atoms with Gasteiger partial charge < -0.3 is 9.47 Å². The van der Waals surface area contributed by atoms with Crippen LogP contribution in [0, 0.1) is 10.8 Å². The van der Waals surface area contributed by atoms with E-state index < -0.39 is 27.0 Å². The van der Waals surface area contributed by atoms with Crippen LogP contribution in [-0.4, -0.2) is 38.1 Å². The summed E-state index contributed by atoms with van der Waals surface area (Å²) in [5.41, 5.74) is -0.894. The first-order valence-corrected chi connectivity index (χ1v) is 9.49. The van der Waals surface area contributed by atoms with Gasteiger partial charge in [0.25, 0.3) is 10.1 Å². The third kappa shape index (κ3) is 7.53. The number of hydrogen-bond donors (Lipinski definition) is 1. The average Bonchev–Trinajstić information content (AvgIpc) is 2.47. The molecule has 1 N–H and O–H groups in total. The van der Waals surface area contributed by atoms with Gasteiger partial charge in [0.15, 0.2) is 0 Å². The quantitative estimate of drug-likeness (QED) is 0.611. The monoisotopic (exact) mass is 386 g/mol. The summed E-state index contributed by atoms with van der Waals surface area (Å²) in [6.07, 6.45) is 0. The summed E-state index contributed by atoms with van der Waals surface area (Å²) >= 11 is 0. The van der Waals surface area contributed by atoms with Gasteiger partial charge in [-0.1, -0.05) is 41.5 Å². The Bertz CT molecular complexity index is 732. The van der Waals surface area contributed by atoms with Crippen LogP contribution in [0.3, 0.4) is 0 Å². The van der Waals surface area contributed by atoms with E-state index in [1.54, 1.807) is 0 Å². The summed E-state index contributed by atoms with van der Waals surface area (Å²) in [5.74, 6) is -1.59. The van der Waals surface area contributed by atoms with Gasteiger partial charge in [0.1, 0.15) is 0 Å². The third-order valence-electron chi connectivity index (χ3n) is 2.95. The first-order chi connectivity index (χ1) is 11.6. The fourth-order valence-corrected chi connectivity index (χ4v) is 2.27. The van der Waals surface area contributed by atoms with Crippen molar-refractivity contribution in [3.63, 3.8) is 0 Å². The van der Waals surface area contributed by atoms with Gasteiger partial charge in [-0.25, -0.2) is 9.59 Å². The van der Waals surface area contributed by atoms with Crippen molar-refractivity contribution >= 4 is 22.1 Å². The minimum Gasteiger partial charge on any atom is -0.462 e. The van der Waals surface area contributed by atoms with Crippen LogP contribution in [0.1, 0.15) is 62.3 Å². The van der Waals surface area contributed by atoms with Gasteiger partial charge in [0, 0.05) is 0 Å². The highest BCUT2D eigenvalue weighted by molar-refractivity contribution is 7.85. The molecule has 0 saturated heterocycles. The van der Waals surface area contributed by atoms with E-state index in [2.05, 4.69) is 0 Å². The Morgan fingerprint density at radius 3 is 1.46 bits per heavy atom. The van der Waals surface area contributed by atoms with Gasteiger partial charge in [-0.05, 0) is 29.0 Å². The molecule has 0 aliphatic heterocycles. The van der Waals surface area contributed by atoms with E-state index in [0.29, 0.717) is 0 Å². The van der Waals surface area contributed by atoms with Crippen molar-refractivity contribution in [1.82, 2.24) is 0 Å². The van der Waals surface area contributed by atoms with Crippen LogP contribution in [-0.2, 0) is 19.6 Å². The number of benzene rings is 1. The molecule has 26 heavy (non-hydrogen) atoms. The molecule has 1 rings (SSSR count). The van der Waals surface area contributed by atoms with Gasteiger partial charge in [0.2, 0.25) is 0 Å². The molecule has 1 aromatic rings. The molecule has 8 heteroatoms. The highest BCUT2D eigenvalue weighted by Crippen LogP contribution is 2.20. The van der Waals surface area contributed by atoms with Crippen molar-refractivity contribution in [3.05, 3.63) is 29.3 Å². The summed E-state index contributed by atoms with van der Waals surface area (Å²) in [4.78, 5) is 23.8. The molecule has 0 heterocycles. The summed E-state index contributed by atoms with van der Waals surface area (Å²) in [5, 5.41) is 0. The predicted molar refractivity (Wildman–Crippen MR) is 95.7 cm³/mol. The Morgan fingerprint density at radius 2 is 1.19 bits per heavy atom. The lowest BCUT2D eigenvalue weighted by Gasteiger charge is -2.19. The van der Waals surface area contributed by atoms with Crippen molar-refractivity contribution in [2.24, 2.45) is 10.8 Å². The lowest BCUT2D eigenvalue weighted by molar-refractivity contribution is 0.0362. The molecule has 0 saturated carbocycles. The molecule has 0 aliphatic carbocycles. The standard InChI is InChI=1S/C18H26O7S/c1-17(2,3)10-24-15(19)12-7-13(9-14(8-12)26(21,22)23)16(20)25-11-18(4,5)6/h7-9H,10-11H2,1-6H3,(H,21,22,23). The smallest absolute Gasteiger partial charge is 0.338 e. The van der Waals surface area contributed by atoms with E-state index in [1.807, 2.05) is 41.5 Å². The molecule has 1 aromatic carbocycles. The van der Waals surface area contributed by atoms with Crippen LogP contribution < -0.4 is 0 Å². The first kappa shape index (κ1) is 22.1. The Balaban J connectivity index is 3.19. The zero-order chi connectivity index (χ0) is 20.3. The minimum absolute atomic E-state index is 0.103. The lowest BCUT2D eigenvalue weighted by Crippen LogP contribution is -2.20.